The van der Waals surface area contributed by atoms with Crippen LogP contribution in [0.15, 0.2) is 91.0 Å². The molecule has 0 amide bonds. The highest BCUT2D eigenvalue weighted by Gasteiger charge is 2.16. The first-order chi connectivity index (χ1) is 15.3. The highest BCUT2D eigenvalue weighted by molar-refractivity contribution is 5.85. The van der Waals surface area contributed by atoms with Crippen molar-refractivity contribution in [2.75, 3.05) is 5.32 Å². The summed E-state index contributed by atoms with van der Waals surface area (Å²) in [6.45, 7) is 2.13. The van der Waals surface area contributed by atoms with Gasteiger partial charge in [-0.3, -0.25) is 0 Å². The molecule has 1 atom stereocenters. The molecule has 0 saturated carbocycles. The molecule has 0 spiro atoms. The van der Waals surface area contributed by atoms with Crippen molar-refractivity contribution in [3.05, 3.63) is 108 Å². The summed E-state index contributed by atoms with van der Waals surface area (Å²) in [6.07, 6.45) is 0.714. The van der Waals surface area contributed by atoms with Gasteiger partial charge in [-0.25, -0.2) is 15.0 Å². The van der Waals surface area contributed by atoms with E-state index in [1.807, 2.05) is 66.7 Å². The van der Waals surface area contributed by atoms with Gasteiger partial charge in [0.25, 0.3) is 0 Å². The molecule has 0 bridgehead atoms. The molecule has 152 valence electrons. The normalized spacial score (nSPS) is 12.0. The zero-order valence-corrected chi connectivity index (χ0v) is 17.3. The molecule has 31 heavy (non-hydrogen) atoms. The highest BCUT2D eigenvalue weighted by Crippen LogP contribution is 2.27. The molecule has 0 aliphatic heterocycles. The van der Waals surface area contributed by atoms with Gasteiger partial charge in [0.1, 0.15) is 11.3 Å². The molecule has 3 aromatic carbocycles. The van der Waals surface area contributed by atoms with E-state index in [1.165, 1.54) is 11.1 Å². The monoisotopic (exact) mass is 405 g/mol. The van der Waals surface area contributed by atoms with Gasteiger partial charge >= 0.3 is 0 Å². The first kappa shape index (κ1) is 19.0. The van der Waals surface area contributed by atoms with Gasteiger partial charge in [0.2, 0.25) is 0 Å². The zero-order valence-electron chi connectivity index (χ0n) is 17.3. The second-order valence-electron chi connectivity index (χ2n) is 7.58. The lowest BCUT2D eigenvalue weighted by molar-refractivity contribution is 0.875. The fourth-order valence-corrected chi connectivity index (χ4v) is 3.67. The molecule has 5 heteroatoms. The van der Waals surface area contributed by atoms with E-state index in [-0.39, 0.29) is 6.04 Å². The molecule has 0 saturated heterocycles. The lowest BCUT2D eigenvalue weighted by atomic mass is 10.1. The number of hydrogen-bond acceptors (Lipinski definition) is 4. The van der Waals surface area contributed by atoms with Crippen molar-refractivity contribution in [2.24, 2.45) is 0 Å². The molecule has 5 nitrogen and oxygen atoms in total. The summed E-state index contributed by atoms with van der Waals surface area (Å²) < 4.78 is 0. The smallest absolute Gasteiger partial charge is 0.183 e. The van der Waals surface area contributed by atoms with E-state index in [1.54, 1.807) is 0 Å². The van der Waals surface area contributed by atoms with E-state index >= 15 is 0 Å². The third-order valence-electron chi connectivity index (χ3n) is 5.30. The van der Waals surface area contributed by atoms with Crippen LogP contribution in [0.25, 0.3) is 22.6 Å². The average Bonchev–Trinajstić information content (AvgIpc) is 3.23. The fourth-order valence-electron chi connectivity index (χ4n) is 3.67. The van der Waals surface area contributed by atoms with Gasteiger partial charge in [-0.15, -0.1) is 0 Å². The molecule has 0 unspecified atom stereocenters. The predicted octanol–water partition coefficient (Wildman–Crippen LogP) is 5.78. The molecule has 2 N–H and O–H groups in total. The Hall–Kier alpha value is -3.99. The van der Waals surface area contributed by atoms with Gasteiger partial charge in [-0.05, 0) is 18.1 Å². The standard InChI is InChI=1S/C26H23N5/c1-18(20-13-7-3-8-14-20)27-25-23-26(31-24(30-25)21-15-9-4-10-16-21)29-22(28-23)17-19-11-5-2-6-12-19/h2-16,18H,17H2,1H3,(H2,27,28,29,30,31)/t18-/m0/s1. The first-order valence-corrected chi connectivity index (χ1v) is 10.4. The van der Waals surface area contributed by atoms with Crippen LogP contribution in [-0.2, 0) is 6.42 Å². The second-order valence-corrected chi connectivity index (χ2v) is 7.58. The zero-order chi connectivity index (χ0) is 21.0. The maximum atomic E-state index is 4.86. The van der Waals surface area contributed by atoms with Crippen LogP contribution in [0.4, 0.5) is 5.82 Å². The summed E-state index contributed by atoms with van der Waals surface area (Å²) in [7, 11) is 0. The van der Waals surface area contributed by atoms with Gasteiger partial charge in [0.15, 0.2) is 17.3 Å². The van der Waals surface area contributed by atoms with Crippen molar-refractivity contribution in [1.29, 1.82) is 0 Å². The molecule has 5 aromatic rings. The van der Waals surface area contributed by atoms with Crippen molar-refractivity contribution >= 4 is 17.0 Å². The van der Waals surface area contributed by atoms with E-state index in [0.717, 1.165) is 22.7 Å². The van der Waals surface area contributed by atoms with Crippen LogP contribution in [0.3, 0.4) is 0 Å². The van der Waals surface area contributed by atoms with Gasteiger partial charge in [0.05, 0.1) is 6.04 Å². The van der Waals surface area contributed by atoms with Crippen LogP contribution in [0, 0.1) is 0 Å². The van der Waals surface area contributed by atoms with Gasteiger partial charge in [0, 0.05) is 12.0 Å². The number of aromatic nitrogens is 4. The number of hydrogen-bond donors (Lipinski definition) is 2. The number of rotatable bonds is 6. The molecule has 5 rings (SSSR count). The van der Waals surface area contributed by atoms with Crippen LogP contribution < -0.4 is 5.32 Å². The number of H-pyrrole nitrogens is 1. The molecule has 0 radical (unpaired) electrons. The van der Waals surface area contributed by atoms with Gasteiger partial charge < -0.3 is 10.3 Å². The lowest BCUT2D eigenvalue weighted by Gasteiger charge is -2.16. The largest absolute Gasteiger partial charge is 0.362 e. The van der Waals surface area contributed by atoms with Crippen LogP contribution >= 0.6 is 0 Å². The molecule has 2 aromatic heterocycles. The summed E-state index contributed by atoms with van der Waals surface area (Å²) in [4.78, 5) is 17.9. The molecular weight excluding hydrogens is 382 g/mol. The number of anilines is 1. The van der Waals surface area contributed by atoms with E-state index in [4.69, 9.17) is 15.0 Å². The Labute approximate surface area is 181 Å². The Balaban J connectivity index is 1.57. The lowest BCUT2D eigenvalue weighted by Crippen LogP contribution is -2.09. The summed E-state index contributed by atoms with van der Waals surface area (Å²) in [6, 6.07) is 30.8. The minimum absolute atomic E-state index is 0.0868. The van der Waals surface area contributed by atoms with E-state index in [9.17, 15) is 0 Å². The molecule has 2 heterocycles. The summed E-state index contributed by atoms with van der Waals surface area (Å²) in [5.74, 6) is 2.29. The third-order valence-corrected chi connectivity index (χ3v) is 5.30. The van der Waals surface area contributed by atoms with Crippen LogP contribution in [0.5, 0.6) is 0 Å². The first-order valence-electron chi connectivity index (χ1n) is 10.4. The minimum atomic E-state index is 0.0868. The maximum Gasteiger partial charge on any atom is 0.183 e. The Morgan fingerprint density at radius 2 is 1.42 bits per heavy atom. The molecular formula is C26H23N5. The summed E-state index contributed by atoms with van der Waals surface area (Å²) in [5.41, 5.74) is 4.85. The van der Waals surface area contributed by atoms with Crippen molar-refractivity contribution in [1.82, 2.24) is 19.9 Å². The van der Waals surface area contributed by atoms with E-state index in [0.29, 0.717) is 17.9 Å². The number of benzene rings is 3. The molecule has 0 aliphatic rings. The Kier molecular flexibility index (Phi) is 5.15. The van der Waals surface area contributed by atoms with Crippen LogP contribution in [-0.4, -0.2) is 19.9 Å². The number of fused-ring (bicyclic) bond motifs is 1. The quantitative estimate of drug-likeness (QED) is 0.376. The number of imidazole rings is 1. The summed E-state index contributed by atoms with van der Waals surface area (Å²) >= 11 is 0. The highest BCUT2D eigenvalue weighted by atomic mass is 15.1. The predicted molar refractivity (Wildman–Crippen MR) is 125 cm³/mol. The minimum Gasteiger partial charge on any atom is -0.362 e. The fraction of sp³-hybridized carbons (Fsp3) is 0.115. The van der Waals surface area contributed by atoms with Gasteiger partial charge in [-0.2, -0.15) is 0 Å². The summed E-state index contributed by atoms with van der Waals surface area (Å²) in [5, 5.41) is 3.57. The number of nitrogens with zero attached hydrogens (tertiary/aromatic N) is 3. The van der Waals surface area contributed by atoms with E-state index < -0.39 is 0 Å². The Morgan fingerprint density at radius 3 is 2.13 bits per heavy atom. The Bertz CT molecular complexity index is 1280. The molecule has 0 fully saturated rings. The van der Waals surface area contributed by atoms with Crippen molar-refractivity contribution < 1.29 is 0 Å². The molecule has 0 aliphatic carbocycles. The van der Waals surface area contributed by atoms with E-state index in [2.05, 4.69) is 41.5 Å². The number of aromatic amines is 1. The van der Waals surface area contributed by atoms with Crippen molar-refractivity contribution in [2.45, 2.75) is 19.4 Å². The van der Waals surface area contributed by atoms with Crippen LogP contribution in [0.2, 0.25) is 0 Å². The maximum absolute atomic E-state index is 4.86. The van der Waals surface area contributed by atoms with Crippen molar-refractivity contribution in [3.63, 3.8) is 0 Å². The number of nitrogens with one attached hydrogen (secondary N) is 2. The average molecular weight is 406 g/mol. The second kappa shape index (κ2) is 8.40. The van der Waals surface area contributed by atoms with Crippen LogP contribution in [0.1, 0.15) is 29.9 Å². The Morgan fingerprint density at radius 1 is 0.774 bits per heavy atom. The van der Waals surface area contributed by atoms with Gasteiger partial charge in [-0.1, -0.05) is 91.0 Å². The van der Waals surface area contributed by atoms with Crippen molar-refractivity contribution in [3.8, 4) is 11.4 Å². The third kappa shape index (κ3) is 4.16. The topological polar surface area (TPSA) is 66.5 Å². The SMILES string of the molecule is C[C@H](Nc1nc(-c2ccccc2)nc2nc(Cc3ccccc3)[nH]c12)c1ccccc1.